The first kappa shape index (κ1) is 20.2. The molecule has 0 spiro atoms. The Hall–Kier alpha value is -2.72. The molecule has 2 N–H and O–H groups in total. The number of benzene rings is 1. The number of piperidine rings is 1. The van der Waals surface area contributed by atoms with Gasteiger partial charge in [0, 0.05) is 41.8 Å². The minimum atomic E-state index is -0.365. The van der Waals surface area contributed by atoms with E-state index in [4.69, 9.17) is 0 Å². The summed E-state index contributed by atoms with van der Waals surface area (Å²) in [5.41, 5.74) is 1.68. The van der Waals surface area contributed by atoms with Gasteiger partial charge in [0.25, 0.3) is 0 Å². The summed E-state index contributed by atoms with van der Waals surface area (Å²) < 4.78 is 12.5. The first-order valence-electron chi connectivity index (χ1n) is 10.6. The Kier molecular flexibility index (Phi) is 5.49. The van der Waals surface area contributed by atoms with E-state index < -0.39 is 0 Å². The molecule has 10 heteroatoms. The number of rotatable bonds is 5. The summed E-state index contributed by atoms with van der Waals surface area (Å²) >= 11 is 1.53. The number of fused-ring (bicyclic) bond motifs is 3. The molecular weight excluding hydrogens is 417 g/mol. The number of urea groups is 1. The fraction of sp³-hybridized carbons (Fsp3) is 0.476. The summed E-state index contributed by atoms with van der Waals surface area (Å²) in [6.07, 6.45) is 5.39. The number of alkyl halides is 1. The van der Waals surface area contributed by atoms with Crippen LogP contribution in [0.3, 0.4) is 0 Å². The van der Waals surface area contributed by atoms with Crippen molar-refractivity contribution in [2.24, 2.45) is 0 Å². The lowest BCUT2D eigenvalue weighted by molar-refractivity contribution is 0.141. The fourth-order valence-corrected chi connectivity index (χ4v) is 5.41. The zero-order chi connectivity index (χ0) is 21.4. The van der Waals surface area contributed by atoms with Gasteiger partial charge in [-0.15, -0.1) is 10.2 Å². The van der Waals surface area contributed by atoms with Crippen LogP contribution in [0.15, 0.2) is 24.4 Å². The van der Waals surface area contributed by atoms with E-state index in [1.807, 2.05) is 30.0 Å². The van der Waals surface area contributed by atoms with Crippen LogP contribution in [-0.4, -0.2) is 62.4 Å². The maximum Gasteiger partial charge on any atom is 0.324 e. The lowest BCUT2D eigenvalue weighted by Gasteiger charge is -2.39. The van der Waals surface area contributed by atoms with Gasteiger partial charge >= 0.3 is 6.03 Å². The SMILES string of the molecule is Cc1nnc(-c2ccc3cnc(NC(=O)N4C5CC[C@@H]4CC(NCCF)C5)nc3c2)s1. The third kappa shape index (κ3) is 4.09. The normalized spacial score (nSPS) is 22.8. The fourth-order valence-electron chi connectivity index (χ4n) is 4.72. The largest absolute Gasteiger partial charge is 0.324 e. The van der Waals surface area contributed by atoms with Gasteiger partial charge in [-0.05, 0) is 38.7 Å². The number of carbonyl (C=O) groups is 1. The van der Waals surface area contributed by atoms with E-state index >= 15 is 0 Å². The number of aryl methyl sites for hydroxylation is 1. The molecule has 2 bridgehead atoms. The molecule has 2 saturated heterocycles. The highest BCUT2D eigenvalue weighted by molar-refractivity contribution is 7.14. The van der Waals surface area contributed by atoms with Gasteiger partial charge in [-0.25, -0.2) is 19.2 Å². The van der Waals surface area contributed by atoms with Crippen LogP contribution in [0.1, 0.15) is 30.7 Å². The molecule has 0 radical (unpaired) electrons. The molecule has 2 amide bonds. The highest BCUT2D eigenvalue weighted by atomic mass is 32.1. The lowest BCUT2D eigenvalue weighted by Crippen LogP contribution is -2.53. The molecule has 2 unspecified atom stereocenters. The van der Waals surface area contributed by atoms with E-state index in [-0.39, 0.29) is 30.8 Å². The number of hydrogen-bond acceptors (Lipinski definition) is 7. The molecule has 2 aromatic heterocycles. The minimum Gasteiger partial charge on any atom is -0.318 e. The Bertz CT molecular complexity index is 1090. The lowest BCUT2D eigenvalue weighted by atomic mass is 9.97. The van der Waals surface area contributed by atoms with E-state index in [1.165, 1.54) is 11.3 Å². The number of nitrogens with one attached hydrogen (secondary N) is 2. The number of nitrogens with zero attached hydrogens (tertiary/aromatic N) is 5. The summed E-state index contributed by atoms with van der Waals surface area (Å²) in [5.74, 6) is 0.292. The zero-order valence-electron chi connectivity index (χ0n) is 17.2. The van der Waals surface area contributed by atoms with Gasteiger partial charge in [0.15, 0.2) is 0 Å². The van der Waals surface area contributed by atoms with Crippen molar-refractivity contribution in [3.63, 3.8) is 0 Å². The topological polar surface area (TPSA) is 95.9 Å². The molecule has 2 aliphatic heterocycles. The number of anilines is 1. The average molecular weight is 442 g/mol. The second kappa shape index (κ2) is 8.43. The van der Waals surface area contributed by atoms with Crippen LogP contribution in [0.25, 0.3) is 21.5 Å². The second-order valence-electron chi connectivity index (χ2n) is 8.13. The molecular formula is C21H24FN7OS. The van der Waals surface area contributed by atoms with Crippen molar-refractivity contribution in [3.05, 3.63) is 29.4 Å². The highest BCUT2D eigenvalue weighted by Crippen LogP contribution is 2.36. The number of carbonyl (C=O) groups excluding carboxylic acids is 1. The van der Waals surface area contributed by atoms with Gasteiger partial charge < -0.3 is 10.2 Å². The molecule has 0 saturated carbocycles. The minimum absolute atomic E-state index is 0.160. The quantitative estimate of drug-likeness (QED) is 0.629. The molecule has 4 heterocycles. The Labute approximate surface area is 183 Å². The first-order chi connectivity index (χ1) is 15.1. The summed E-state index contributed by atoms with van der Waals surface area (Å²) in [5, 5.41) is 17.0. The summed E-state index contributed by atoms with van der Waals surface area (Å²) in [6.45, 7) is 1.93. The van der Waals surface area contributed by atoms with Gasteiger partial charge in [-0.3, -0.25) is 5.32 Å². The van der Waals surface area contributed by atoms with Crippen molar-refractivity contribution in [1.82, 2.24) is 30.4 Å². The molecule has 5 rings (SSSR count). The highest BCUT2D eigenvalue weighted by Gasteiger charge is 2.43. The van der Waals surface area contributed by atoms with Gasteiger partial charge in [0.1, 0.15) is 16.7 Å². The Balaban J connectivity index is 1.31. The van der Waals surface area contributed by atoms with Crippen molar-refractivity contribution in [2.75, 3.05) is 18.5 Å². The predicted molar refractivity (Wildman–Crippen MR) is 118 cm³/mol. The maximum atomic E-state index is 13.0. The molecule has 2 fully saturated rings. The summed E-state index contributed by atoms with van der Waals surface area (Å²) in [6, 6.07) is 6.32. The van der Waals surface area contributed by atoms with Crippen LogP contribution in [0.4, 0.5) is 15.1 Å². The third-order valence-corrected chi connectivity index (χ3v) is 6.96. The third-order valence-electron chi connectivity index (χ3n) is 6.07. The summed E-state index contributed by atoms with van der Waals surface area (Å²) in [4.78, 5) is 23.8. The first-order valence-corrected chi connectivity index (χ1v) is 11.4. The van der Waals surface area contributed by atoms with Crippen molar-refractivity contribution >= 4 is 34.2 Å². The molecule has 31 heavy (non-hydrogen) atoms. The molecule has 0 aliphatic carbocycles. The Morgan fingerprint density at radius 2 is 2.06 bits per heavy atom. The van der Waals surface area contributed by atoms with Gasteiger partial charge in [-0.2, -0.15) is 0 Å². The van der Waals surface area contributed by atoms with Crippen molar-refractivity contribution in [2.45, 2.75) is 50.7 Å². The van der Waals surface area contributed by atoms with Crippen LogP contribution in [-0.2, 0) is 0 Å². The number of hydrogen-bond donors (Lipinski definition) is 2. The van der Waals surface area contributed by atoms with Crippen LogP contribution in [0, 0.1) is 6.92 Å². The van der Waals surface area contributed by atoms with Gasteiger partial charge in [0.2, 0.25) is 5.95 Å². The Morgan fingerprint density at radius 3 is 2.77 bits per heavy atom. The van der Waals surface area contributed by atoms with Crippen LogP contribution in [0.2, 0.25) is 0 Å². The second-order valence-corrected chi connectivity index (χ2v) is 9.31. The Morgan fingerprint density at radius 1 is 1.26 bits per heavy atom. The van der Waals surface area contributed by atoms with Crippen LogP contribution >= 0.6 is 11.3 Å². The van der Waals surface area contributed by atoms with E-state index in [0.717, 1.165) is 52.2 Å². The van der Waals surface area contributed by atoms with Crippen molar-refractivity contribution < 1.29 is 9.18 Å². The zero-order valence-corrected chi connectivity index (χ0v) is 18.0. The summed E-state index contributed by atoms with van der Waals surface area (Å²) in [7, 11) is 0. The van der Waals surface area contributed by atoms with E-state index in [0.29, 0.717) is 12.5 Å². The van der Waals surface area contributed by atoms with Crippen LogP contribution < -0.4 is 10.6 Å². The van der Waals surface area contributed by atoms with Crippen LogP contribution in [0.5, 0.6) is 0 Å². The number of halogens is 1. The van der Waals surface area contributed by atoms with Gasteiger partial charge in [0.05, 0.1) is 5.52 Å². The van der Waals surface area contributed by atoms with E-state index in [2.05, 4.69) is 30.8 Å². The molecule has 162 valence electrons. The molecule has 1 aromatic carbocycles. The molecule has 2 aliphatic rings. The van der Waals surface area contributed by atoms with E-state index in [1.54, 1.807) is 6.20 Å². The molecule has 8 nitrogen and oxygen atoms in total. The number of amides is 2. The van der Waals surface area contributed by atoms with Gasteiger partial charge in [-0.1, -0.05) is 23.5 Å². The predicted octanol–water partition coefficient (Wildman–Crippen LogP) is 3.54. The smallest absolute Gasteiger partial charge is 0.318 e. The van der Waals surface area contributed by atoms with Crippen molar-refractivity contribution in [3.8, 4) is 10.6 Å². The number of aromatic nitrogens is 4. The monoisotopic (exact) mass is 441 g/mol. The average Bonchev–Trinajstić information content (AvgIpc) is 3.32. The standard InChI is InChI=1S/C21H24FN7OS/c1-12-27-28-19(31-12)13-2-3-14-11-24-20(25-18(14)8-13)26-21(30)29-16-4-5-17(29)10-15(9-16)23-7-6-22/h2-3,8,11,15-17,23H,4-7,9-10H2,1H3,(H,24,25,26,30)/t15?,16-,17?/m1/s1. The molecule has 3 atom stereocenters. The van der Waals surface area contributed by atoms with E-state index in [9.17, 15) is 9.18 Å². The molecule has 3 aromatic rings. The van der Waals surface area contributed by atoms with Crippen molar-refractivity contribution in [1.29, 1.82) is 0 Å². The maximum absolute atomic E-state index is 13.0.